The Hall–Kier alpha value is -3.91. The van der Waals surface area contributed by atoms with Crippen molar-refractivity contribution in [2.24, 2.45) is 0 Å². The highest BCUT2D eigenvalue weighted by Gasteiger charge is 2.38. The van der Waals surface area contributed by atoms with Crippen molar-refractivity contribution in [3.05, 3.63) is 101 Å². The molecule has 0 bridgehead atoms. The molecule has 0 aliphatic heterocycles. The Kier molecular flexibility index (Phi) is 11.3. The summed E-state index contributed by atoms with van der Waals surface area (Å²) in [6.07, 6.45) is 3.26. The van der Waals surface area contributed by atoms with E-state index in [0.29, 0.717) is 41.4 Å². The molecule has 4 rings (SSSR count). The number of imidazole rings is 1. The van der Waals surface area contributed by atoms with Crippen LogP contribution in [0.2, 0.25) is 18.1 Å². The molecule has 0 aliphatic rings. The predicted molar refractivity (Wildman–Crippen MR) is 166 cm³/mol. The number of nitrogens with zero attached hydrogens (tertiary/aromatic N) is 2. The molecule has 0 saturated heterocycles. The molecule has 0 N–H and O–H groups in total. The lowest BCUT2D eigenvalue weighted by Gasteiger charge is -2.37. The van der Waals surface area contributed by atoms with Gasteiger partial charge in [-0.2, -0.15) is 9.59 Å². The fourth-order valence-electron chi connectivity index (χ4n) is 4.53. The lowest BCUT2D eigenvalue weighted by Crippen LogP contribution is -2.41. The van der Waals surface area contributed by atoms with Gasteiger partial charge < -0.3 is 9.16 Å². The van der Waals surface area contributed by atoms with E-state index < -0.39 is 8.32 Å². The van der Waals surface area contributed by atoms with Gasteiger partial charge in [0.2, 0.25) is 0 Å². The van der Waals surface area contributed by atoms with E-state index in [9.17, 15) is 9.18 Å². The molecule has 9 heteroatoms. The number of hydrogen-bond donors (Lipinski definition) is 0. The summed E-state index contributed by atoms with van der Waals surface area (Å²) in [6.45, 7) is 15.6. The Morgan fingerprint density at radius 3 is 2.30 bits per heavy atom. The third-order valence-electron chi connectivity index (χ3n) is 8.08. The van der Waals surface area contributed by atoms with Gasteiger partial charge in [-0.05, 0) is 54.7 Å². The molecule has 2 aromatic heterocycles. The summed E-state index contributed by atoms with van der Waals surface area (Å²) in [6, 6.07) is 18.6. The fourth-order valence-corrected chi connectivity index (χ4v) is 5.58. The zero-order valence-corrected chi connectivity index (χ0v) is 27.1. The van der Waals surface area contributed by atoms with Gasteiger partial charge in [0.05, 0.1) is 5.69 Å². The number of benzene rings is 2. The second-order valence-electron chi connectivity index (χ2n) is 12.1. The van der Waals surface area contributed by atoms with Gasteiger partial charge in [-0.25, -0.2) is 9.37 Å². The Bertz CT molecular complexity index is 1570. The first-order chi connectivity index (χ1) is 20.3. The summed E-state index contributed by atoms with van der Waals surface area (Å²) in [4.78, 5) is 35.0. The summed E-state index contributed by atoms with van der Waals surface area (Å²) < 4.78 is 28.8. The van der Waals surface area contributed by atoms with Crippen LogP contribution in [0.1, 0.15) is 72.9 Å². The van der Waals surface area contributed by atoms with E-state index in [1.807, 2.05) is 41.8 Å². The number of rotatable bonds is 11. The number of fused-ring (bicyclic) bond motifs is 1. The van der Waals surface area contributed by atoms with Gasteiger partial charge in [0.25, 0.3) is 0 Å². The van der Waals surface area contributed by atoms with Crippen molar-refractivity contribution in [3.8, 4) is 5.75 Å². The zero-order chi connectivity index (χ0) is 31.8. The molecule has 0 radical (unpaired) electrons. The first-order valence-electron chi connectivity index (χ1n) is 14.4. The molecule has 0 aliphatic carbocycles. The standard InChI is InChI=1S/C33H41FN2O3Si.CO2/c1-8-24-18-30(38-21-26-16-12-13-17-28(26)34)32-35-23(2)31(36(32)20-24)29(37)19-27(25-14-10-9-11-15-25)22-39-40(6,7)33(3,4)5;2-1-3/h9-18,20,27H,8,19,21-22H2,1-7H3;/t27-;/m0./s1. The van der Waals surface area contributed by atoms with Crippen molar-refractivity contribution in [2.45, 2.75) is 78.1 Å². The minimum atomic E-state index is -2.01. The van der Waals surface area contributed by atoms with E-state index in [4.69, 9.17) is 23.7 Å². The van der Waals surface area contributed by atoms with Crippen LogP contribution >= 0.6 is 0 Å². The second-order valence-corrected chi connectivity index (χ2v) is 16.9. The maximum absolute atomic E-state index is 14.2. The van der Waals surface area contributed by atoms with E-state index in [2.05, 4.69) is 52.9 Å². The van der Waals surface area contributed by atoms with Crippen LogP contribution in [0.3, 0.4) is 0 Å². The van der Waals surface area contributed by atoms with Crippen LogP contribution in [0, 0.1) is 12.7 Å². The molecular formula is C34H41FN2O5Si. The Labute approximate surface area is 254 Å². The van der Waals surface area contributed by atoms with Gasteiger partial charge in [0.1, 0.15) is 18.1 Å². The summed E-state index contributed by atoms with van der Waals surface area (Å²) in [5.74, 6) is 0.142. The highest BCUT2D eigenvalue weighted by molar-refractivity contribution is 6.74. The molecule has 43 heavy (non-hydrogen) atoms. The normalized spacial score (nSPS) is 12.3. The molecule has 4 aromatic rings. The lowest BCUT2D eigenvalue weighted by molar-refractivity contribution is -0.191. The van der Waals surface area contributed by atoms with Crippen LogP contribution in [0.25, 0.3) is 5.65 Å². The number of carbonyl (C=O) groups excluding carboxylic acids is 3. The molecule has 228 valence electrons. The number of Topliss-reactive ketones (excluding diaryl/α,β-unsaturated/α-hetero) is 1. The molecule has 2 aromatic carbocycles. The van der Waals surface area contributed by atoms with Gasteiger partial charge >= 0.3 is 6.15 Å². The van der Waals surface area contributed by atoms with Crippen LogP contribution < -0.4 is 4.74 Å². The van der Waals surface area contributed by atoms with Crippen LogP contribution in [0.5, 0.6) is 5.75 Å². The first kappa shape index (κ1) is 33.6. The van der Waals surface area contributed by atoms with E-state index in [1.165, 1.54) is 6.07 Å². The van der Waals surface area contributed by atoms with Crippen molar-refractivity contribution < 1.29 is 27.9 Å². The minimum absolute atomic E-state index is 0.00555. The van der Waals surface area contributed by atoms with Crippen LogP contribution in [0.15, 0.2) is 66.9 Å². The molecule has 7 nitrogen and oxygen atoms in total. The van der Waals surface area contributed by atoms with Crippen molar-refractivity contribution in [1.29, 1.82) is 0 Å². The summed E-state index contributed by atoms with van der Waals surface area (Å²) >= 11 is 0. The quantitative estimate of drug-likeness (QED) is 0.129. The highest BCUT2D eigenvalue weighted by atomic mass is 28.4. The number of carbonyl (C=O) groups is 1. The van der Waals surface area contributed by atoms with Crippen LogP contribution in [0.4, 0.5) is 4.39 Å². The Balaban J connectivity index is 0.00000162. The molecule has 0 fully saturated rings. The topological polar surface area (TPSA) is 87.0 Å². The molecular weight excluding hydrogens is 563 g/mol. The number of ether oxygens (including phenoxy) is 1. The molecule has 0 spiro atoms. The molecule has 0 saturated carbocycles. The number of aromatic nitrogens is 2. The SMILES string of the molecule is CCc1cc(OCc2ccccc2F)c2nc(C)c(C(=O)C[C@@H](CO[Si](C)(C)C(C)(C)C)c3ccccc3)n2c1.O=C=O. The summed E-state index contributed by atoms with van der Waals surface area (Å²) in [7, 11) is -2.01. The Morgan fingerprint density at radius 1 is 1.07 bits per heavy atom. The molecule has 0 amide bonds. The third kappa shape index (κ3) is 8.35. The average Bonchev–Trinajstić information content (AvgIpc) is 3.30. The number of hydrogen-bond acceptors (Lipinski definition) is 6. The van der Waals surface area contributed by atoms with Gasteiger partial charge in [0, 0.05) is 30.7 Å². The summed E-state index contributed by atoms with van der Waals surface area (Å²) in [5, 5.41) is 0.0755. The van der Waals surface area contributed by atoms with Gasteiger partial charge in [0.15, 0.2) is 25.5 Å². The van der Waals surface area contributed by atoms with Crippen molar-refractivity contribution in [1.82, 2.24) is 9.38 Å². The van der Waals surface area contributed by atoms with Crippen molar-refractivity contribution >= 4 is 25.9 Å². The zero-order valence-electron chi connectivity index (χ0n) is 26.1. The second kappa shape index (κ2) is 14.5. The smallest absolute Gasteiger partial charge is 0.373 e. The highest BCUT2D eigenvalue weighted by Crippen LogP contribution is 2.38. The number of aryl methyl sites for hydroxylation is 2. The monoisotopic (exact) mass is 604 g/mol. The number of ketones is 1. The maximum atomic E-state index is 14.2. The predicted octanol–water partition coefficient (Wildman–Crippen LogP) is 7.72. The van der Waals surface area contributed by atoms with Gasteiger partial charge in [-0.3, -0.25) is 9.20 Å². The first-order valence-corrected chi connectivity index (χ1v) is 17.3. The number of pyridine rings is 1. The fraction of sp³-hybridized carbons (Fsp3) is 0.382. The van der Waals surface area contributed by atoms with Crippen LogP contribution in [-0.2, 0) is 27.0 Å². The van der Waals surface area contributed by atoms with E-state index in [0.717, 1.165) is 17.5 Å². The van der Waals surface area contributed by atoms with Crippen LogP contribution in [-0.4, -0.2) is 36.2 Å². The summed E-state index contributed by atoms with van der Waals surface area (Å²) in [5.41, 5.74) is 4.31. The molecule has 2 heterocycles. The lowest BCUT2D eigenvalue weighted by atomic mass is 9.93. The minimum Gasteiger partial charge on any atom is -0.485 e. The van der Waals surface area contributed by atoms with E-state index in [-0.39, 0.29) is 35.3 Å². The Morgan fingerprint density at radius 2 is 1.70 bits per heavy atom. The third-order valence-corrected chi connectivity index (χ3v) is 12.6. The average molecular weight is 605 g/mol. The number of halogens is 1. The van der Waals surface area contributed by atoms with E-state index >= 15 is 0 Å². The van der Waals surface area contributed by atoms with Crippen molar-refractivity contribution in [2.75, 3.05) is 6.61 Å². The van der Waals surface area contributed by atoms with E-state index in [1.54, 1.807) is 18.2 Å². The van der Waals surface area contributed by atoms with Gasteiger partial charge in [-0.15, -0.1) is 0 Å². The molecule has 1 atom stereocenters. The maximum Gasteiger partial charge on any atom is 0.373 e. The van der Waals surface area contributed by atoms with Gasteiger partial charge in [-0.1, -0.05) is 76.2 Å². The largest absolute Gasteiger partial charge is 0.485 e. The van der Waals surface area contributed by atoms with Crippen molar-refractivity contribution in [3.63, 3.8) is 0 Å². The molecule has 0 unspecified atom stereocenters.